The molecule has 0 heterocycles. The van der Waals surface area contributed by atoms with Crippen LogP contribution in [0.15, 0.2) is 49.1 Å². The fourth-order valence-electron chi connectivity index (χ4n) is 6.66. The monoisotopic (exact) mass is 521 g/mol. The zero-order valence-electron chi connectivity index (χ0n) is 27.0. The van der Waals surface area contributed by atoms with Crippen molar-refractivity contribution < 1.29 is 0 Å². The Balaban J connectivity index is 0.000000566. The quantitative estimate of drug-likeness (QED) is 0.212. The molecule has 0 radical (unpaired) electrons. The van der Waals surface area contributed by atoms with Crippen LogP contribution in [0.5, 0.6) is 0 Å². The van der Waals surface area contributed by atoms with Gasteiger partial charge in [-0.1, -0.05) is 123 Å². The van der Waals surface area contributed by atoms with Gasteiger partial charge in [0.15, 0.2) is 0 Å². The SMILES string of the molecule is C=C.C=C(Cc1cc(CCC)cc2c1C1CC(C)=CCC1C(C)(C)C2)CC1CC1.CC.CCCCCCC. The number of allylic oxidation sites excluding steroid dienone is 3. The van der Waals surface area contributed by atoms with Crippen molar-refractivity contribution >= 4 is 0 Å². The van der Waals surface area contributed by atoms with Crippen molar-refractivity contribution in [3.63, 3.8) is 0 Å². The van der Waals surface area contributed by atoms with Gasteiger partial charge >= 0.3 is 0 Å². The summed E-state index contributed by atoms with van der Waals surface area (Å²) in [6.45, 7) is 28.7. The number of fused-ring (bicyclic) bond motifs is 3. The van der Waals surface area contributed by atoms with E-state index >= 15 is 0 Å². The van der Waals surface area contributed by atoms with E-state index < -0.39 is 0 Å². The second kappa shape index (κ2) is 17.9. The summed E-state index contributed by atoms with van der Waals surface area (Å²) in [6.07, 6.45) is 21.0. The lowest BCUT2D eigenvalue weighted by molar-refractivity contribution is 0.151. The highest BCUT2D eigenvalue weighted by Gasteiger charge is 2.43. The standard InChI is InChI=1S/C27H38.C7H16.C2H6.C2H4/c1-6-7-21-15-22(13-19(3)12-20-9-10-20)26-23(16-21)17-27(4,5)25-11-8-18(2)14-24(25)26;1-3-5-7-6-4-2;2*1-2/h8,15-16,20,24-25H,3,6-7,9-14,17H2,1-2,4-5H3;3-7H2,1-2H3;1-2H3;1-2H2. The molecule has 0 aliphatic heterocycles. The fraction of sp³-hybridized carbons (Fsp3) is 0.684. The summed E-state index contributed by atoms with van der Waals surface area (Å²) in [5, 5.41) is 0. The molecule has 2 unspecified atom stereocenters. The highest BCUT2D eigenvalue weighted by atomic mass is 14.5. The zero-order chi connectivity index (χ0) is 28.7. The Morgan fingerprint density at radius 2 is 1.58 bits per heavy atom. The fourth-order valence-corrected chi connectivity index (χ4v) is 6.66. The summed E-state index contributed by atoms with van der Waals surface area (Å²) in [5.74, 6) is 2.45. The summed E-state index contributed by atoms with van der Waals surface area (Å²) in [7, 11) is 0. The van der Waals surface area contributed by atoms with Gasteiger partial charge in [0.2, 0.25) is 0 Å². The maximum Gasteiger partial charge on any atom is -0.00667 e. The number of aryl methyl sites for hydroxylation is 1. The normalized spacial score (nSPS) is 20.6. The first kappa shape index (κ1) is 34.5. The van der Waals surface area contributed by atoms with Crippen molar-refractivity contribution in [1.29, 1.82) is 0 Å². The predicted octanol–water partition coefficient (Wildman–Crippen LogP) is 12.4. The Kier molecular flexibility index (Phi) is 16.2. The van der Waals surface area contributed by atoms with Gasteiger partial charge in [-0.15, -0.1) is 13.2 Å². The highest BCUT2D eigenvalue weighted by Crippen LogP contribution is 2.54. The summed E-state index contributed by atoms with van der Waals surface area (Å²) in [5.41, 5.74) is 10.0. The second-order valence-electron chi connectivity index (χ2n) is 12.6. The average Bonchev–Trinajstić information content (AvgIpc) is 3.70. The smallest absolute Gasteiger partial charge is 0.00667 e. The van der Waals surface area contributed by atoms with Crippen molar-refractivity contribution in [1.82, 2.24) is 0 Å². The summed E-state index contributed by atoms with van der Waals surface area (Å²) in [6, 6.07) is 5.13. The van der Waals surface area contributed by atoms with E-state index in [9.17, 15) is 0 Å². The van der Waals surface area contributed by atoms with Crippen LogP contribution >= 0.6 is 0 Å². The first-order valence-electron chi connectivity index (χ1n) is 16.3. The highest BCUT2D eigenvalue weighted by molar-refractivity contribution is 5.47. The van der Waals surface area contributed by atoms with Gasteiger partial charge in [0.25, 0.3) is 0 Å². The number of hydrogen-bond donors (Lipinski definition) is 0. The first-order chi connectivity index (χ1) is 18.3. The minimum Gasteiger partial charge on any atom is -0.106 e. The largest absolute Gasteiger partial charge is 0.106 e. The van der Waals surface area contributed by atoms with E-state index in [0.717, 1.165) is 18.3 Å². The van der Waals surface area contributed by atoms with Crippen LogP contribution in [0.25, 0.3) is 0 Å². The molecule has 2 atom stereocenters. The van der Waals surface area contributed by atoms with Gasteiger partial charge in [0.1, 0.15) is 0 Å². The van der Waals surface area contributed by atoms with Crippen LogP contribution in [0.2, 0.25) is 0 Å². The van der Waals surface area contributed by atoms with Gasteiger partial charge in [0, 0.05) is 0 Å². The molecular weight excluding hydrogens is 456 g/mol. The third-order valence-corrected chi connectivity index (χ3v) is 8.64. The van der Waals surface area contributed by atoms with Crippen molar-refractivity contribution in [2.75, 3.05) is 0 Å². The molecule has 0 amide bonds. The molecule has 3 aliphatic rings. The van der Waals surface area contributed by atoms with E-state index in [1.54, 1.807) is 27.8 Å². The molecule has 38 heavy (non-hydrogen) atoms. The summed E-state index contributed by atoms with van der Waals surface area (Å²) < 4.78 is 0. The molecule has 0 bridgehead atoms. The van der Waals surface area contributed by atoms with Gasteiger partial charge in [-0.3, -0.25) is 0 Å². The molecule has 0 saturated heterocycles. The van der Waals surface area contributed by atoms with Crippen LogP contribution in [0.4, 0.5) is 0 Å². The van der Waals surface area contributed by atoms with Crippen LogP contribution in [-0.4, -0.2) is 0 Å². The van der Waals surface area contributed by atoms with Gasteiger partial charge in [-0.2, -0.15) is 0 Å². The Bertz CT molecular complexity index is 843. The third kappa shape index (κ3) is 10.5. The minimum atomic E-state index is 0.405. The van der Waals surface area contributed by atoms with E-state index in [2.05, 4.69) is 79.5 Å². The molecule has 1 fully saturated rings. The van der Waals surface area contributed by atoms with E-state index in [1.807, 2.05) is 13.8 Å². The lowest BCUT2D eigenvalue weighted by Crippen LogP contribution is -2.38. The Morgan fingerprint density at radius 1 is 0.947 bits per heavy atom. The summed E-state index contributed by atoms with van der Waals surface area (Å²) in [4.78, 5) is 0. The van der Waals surface area contributed by atoms with Gasteiger partial charge in [-0.25, -0.2) is 0 Å². The molecule has 3 aliphatic carbocycles. The van der Waals surface area contributed by atoms with Crippen LogP contribution in [0.1, 0.15) is 154 Å². The number of rotatable bonds is 10. The van der Waals surface area contributed by atoms with E-state index in [0.29, 0.717) is 11.3 Å². The van der Waals surface area contributed by atoms with Gasteiger partial charge in [-0.05, 0) is 104 Å². The van der Waals surface area contributed by atoms with Crippen molar-refractivity contribution in [3.8, 4) is 0 Å². The van der Waals surface area contributed by atoms with E-state index in [1.165, 1.54) is 89.0 Å². The van der Waals surface area contributed by atoms with Gasteiger partial charge < -0.3 is 0 Å². The molecule has 1 saturated carbocycles. The van der Waals surface area contributed by atoms with E-state index in [4.69, 9.17) is 0 Å². The zero-order valence-corrected chi connectivity index (χ0v) is 27.0. The molecule has 216 valence electrons. The van der Waals surface area contributed by atoms with Gasteiger partial charge in [0.05, 0.1) is 0 Å². The number of unbranched alkanes of at least 4 members (excludes halogenated alkanes) is 4. The lowest BCUT2D eigenvalue weighted by atomic mass is 9.56. The number of benzene rings is 1. The molecule has 0 aromatic heterocycles. The topological polar surface area (TPSA) is 0 Å². The van der Waals surface area contributed by atoms with E-state index in [-0.39, 0.29) is 0 Å². The maximum atomic E-state index is 4.49. The molecule has 4 rings (SSSR count). The minimum absolute atomic E-state index is 0.405. The lowest BCUT2D eigenvalue weighted by Gasteiger charge is -2.48. The third-order valence-electron chi connectivity index (χ3n) is 8.64. The maximum absolute atomic E-state index is 4.49. The van der Waals surface area contributed by atoms with Crippen LogP contribution in [0, 0.1) is 17.3 Å². The molecule has 1 aromatic carbocycles. The summed E-state index contributed by atoms with van der Waals surface area (Å²) >= 11 is 0. The first-order valence-corrected chi connectivity index (χ1v) is 16.3. The Labute approximate surface area is 239 Å². The van der Waals surface area contributed by atoms with Crippen LogP contribution < -0.4 is 0 Å². The number of hydrogen-bond acceptors (Lipinski definition) is 0. The van der Waals surface area contributed by atoms with Crippen molar-refractivity contribution in [3.05, 3.63) is 71.3 Å². The van der Waals surface area contributed by atoms with Crippen molar-refractivity contribution in [2.24, 2.45) is 17.3 Å². The van der Waals surface area contributed by atoms with Crippen molar-refractivity contribution in [2.45, 2.75) is 151 Å². The predicted molar refractivity (Wildman–Crippen MR) is 174 cm³/mol. The molecule has 0 N–H and O–H groups in total. The molecule has 0 spiro atoms. The Hall–Kier alpha value is -1.56. The average molecular weight is 521 g/mol. The second-order valence-corrected chi connectivity index (χ2v) is 12.6. The molecule has 0 heteroatoms. The van der Waals surface area contributed by atoms with Crippen LogP contribution in [0.3, 0.4) is 0 Å². The molecule has 0 nitrogen and oxygen atoms in total. The molecular formula is C38H64. The van der Waals surface area contributed by atoms with Crippen LogP contribution in [-0.2, 0) is 19.3 Å². The molecule has 1 aromatic rings. The Morgan fingerprint density at radius 3 is 2.13 bits per heavy atom.